The van der Waals surface area contributed by atoms with Crippen molar-refractivity contribution in [2.75, 3.05) is 13.2 Å². The Hall–Kier alpha value is -2.86. The zero-order valence-electron chi connectivity index (χ0n) is 16.8. The highest BCUT2D eigenvalue weighted by Crippen LogP contribution is 2.23. The van der Waals surface area contributed by atoms with Crippen molar-refractivity contribution in [3.05, 3.63) is 77.3 Å². The quantitative estimate of drug-likeness (QED) is 0.548. The average molecular weight is 425 g/mol. The molecule has 0 aliphatic carbocycles. The van der Waals surface area contributed by atoms with Crippen LogP contribution in [0.15, 0.2) is 60.9 Å². The zero-order chi connectivity index (χ0) is 20.8. The molecule has 0 spiro atoms. The highest BCUT2D eigenvalue weighted by Gasteiger charge is 2.29. The molecule has 1 saturated heterocycles. The van der Waals surface area contributed by atoms with Gasteiger partial charge in [-0.2, -0.15) is 0 Å². The van der Waals surface area contributed by atoms with Gasteiger partial charge in [-0.3, -0.25) is 4.79 Å². The molecule has 1 aliphatic heterocycles. The van der Waals surface area contributed by atoms with Crippen molar-refractivity contribution in [3.8, 4) is 5.75 Å². The molecule has 0 saturated carbocycles. The van der Waals surface area contributed by atoms with Crippen molar-refractivity contribution in [2.45, 2.75) is 38.3 Å². The minimum absolute atomic E-state index is 0.0169. The lowest BCUT2D eigenvalue weighted by atomic mass is 10.1. The van der Waals surface area contributed by atoms with Gasteiger partial charge in [0, 0.05) is 24.0 Å². The number of nitrogens with zero attached hydrogens (tertiary/aromatic N) is 4. The topological polar surface area (TPSA) is 60.2 Å². The van der Waals surface area contributed by atoms with Gasteiger partial charge in [0.15, 0.2) is 6.61 Å². The van der Waals surface area contributed by atoms with Gasteiger partial charge in [0.2, 0.25) is 0 Å². The number of hydrogen-bond donors (Lipinski definition) is 0. The molecule has 6 nitrogen and oxygen atoms in total. The minimum atomic E-state index is 0.0169. The maximum absolute atomic E-state index is 12.7. The molecule has 0 radical (unpaired) electrons. The minimum Gasteiger partial charge on any atom is -0.484 e. The van der Waals surface area contributed by atoms with Crippen molar-refractivity contribution in [1.29, 1.82) is 0 Å². The number of hydrogen-bond acceptors (Lipinski definition) is 4. The van der Waals surface area contributed by atoms with Gasteiger partial charge >= 0.3 is 0 Å². The smallest absolute Gasteiger partial charge is 0.260 e. The van der Waals surface area contributed by atoms with Crippen LogP contribution >= 0.6 is 11.6 Å². The van der Waals surface area contributed by atoms with Gasteiger partial charge in [-0.05, 0) is 43.0 Å². The molecule has 4 rings (SSSR count). The zero-order valence-corrected chi connectivity index (χ0v) is 17.5. The number of carbonyl (C=O) groups excluding carboxylic acids is 1. The predicted molar refractivity (Wildman–Crippen MR) is 116 cm³/mol. The second kappa shape index (κ2) is 9.76. The van der Waals surface area contributed by atoms with Crippen LogP contribution in [0, 0.1) is 0 Å². The van der Waals surface area contributed by atoms with Crippen LogP contribution in [0.5, 0.6) is 5.75 Å². The van der Waals surface area contributed by atoms with E-state index in [1.54, 1.807) is 24.5 Å². The molecule has 1 unspecified atom stereocenters. The standard InChI is InChI=1S/C23H25ClN4O2/c24-19-8-4-10-21(14-19)30-16-23(29)28-13-5-9-20(28)11-12-22-26-25-17-27(22)15-18-6-2-1-3-7-18/h1-4,6-8,10,14,17,20H,5,9,11-13,15-16H2. The van der Waals surface area contributed by atoms with E-state index in [2.05, 4.69) is 26.9 Å². The third kappa shape index (κ3) is 5.19. The van der Waals surface area contributed by atoms with Crippen molar-refractivity contribution in [1.82, 2.24) is 19.7 Å². The van der Waals surface area contributed by atoms with Gasteiger partial charge in [-0.1, -0.05) is 48.0 Å². The predicted octanol–water partition coefficient (Wildman–Crippen LogP) is 3.98. The molecule has 2 aromatic carbocycles. The van der Waals surface area contributed by atoms with Crippen LogP contribution in [0.4, 0.5) is 0 Å². The maximum atomic E-state index is 12.7. The summed E-state index contributed by atoms with van der Waals surface area (Å²) in [6.45, 7) is 1.56. The van der Waals surface area contributed by atoms with Crippen LogP contribution in [0.3, 0.4) is 0 Å². The monoisotopic (exact) mass is 424 g/mol. The molecule has 0 bridgehead atoms. The van der Waals surface area contributed by atoms with Crippen LogP contribution in [0.2, 0.25) is 5.02 Å². The SMILES string of the molecule is O=C(COc1cccc(Cl)c1)N1CCCC1CCc1nncn1Cc1ccccc1. The van der Waals surface area contributed by atoms with Crippen molar-refractivity contribution in [3.63, 3.8) is 0 Å². The van der Waals surface area contributed by atoms with Crippen LogP contribution in [0.1, 0.15) is 30.7 Å². The normalized spacial score (nSPS) is 16.0. The first-order chi connectivity index (χ1) is 14.7. The first-order valence-electron chi connectivity index (χ1n) is 10.3. The molecule has 1 aromatic heterocycles. The molecule has 1 amide bonds. The largest absolute Gasteiger partial charge is 0.484 e. The summed E-state index contributed by atoms with van der Waals surface area (Å²) in [5.74, 6) is 1.58. The first-order valence-corrected chi connectivity index (χ1v) is 10.7. The Morgan fingerprint density at radius 2 is 2.03 bits per heavy atom. The summed E-state index contributed by atoms with van der Waals surface area (Å²) in [6.07, 6.45) is 5.46. The number of amides is 1. The Balaban J connectivity index is 1.31. The van der Waals surface area contributed by atoms with Crippen LogP contribution < -0.4 is 4.74 Å². The van der Waals surface area contributed by atoms with E-state index in [0.717, 1.165) is 44.6 Å². The lowest BCUT2D eigenvalue weighted by molar-refractivity contribution is -0.134. The Bertz CT molecular complexity index is 976. The van der Waals surface area contributed by atoms with E-state index < -0.39 is 0 Å². The van der Waals surface area contributed by atoms with E-state index in [9.17, 15) is 4.79 Å². The van der Waals surface area contributed by atoms with E-state index in [1.807, 2.05) is 29.2 Å². The Morgan fingerprint density at radius 3 is 2.87 bits per heavy atom. The molecule has 1 atom stereocenters. The molecule has 3 aromatic rings. The van der Waals surface area contributed by atoms with Gasteiger partial charge in [-0.25, -0.2) is 0 Å². The fourth-order valence-corrected chi connectivity index (χ4v) is 4.11. The molecule has 30 heavy (non-hydrogen) atoms. The van der Waals surface area contributed by atoms with E-state index >= 15 is 0 Å². The molecule has 0 N–H and O–H groups in total. The van der Waals surface area contributed by atoms with Gasteiger partial charge in [0.05, 0.1) is 6.54 Å². The summed E-state index contributed by atoms with van der Waals surface area (Å²) in [5, 5.41) is 8.99. The number of likely N-dealkylation sites (tertiary alicyclic amines) is 1. The first kappa shape index (κ1) is 20.4. The third-order valence-corrected chi connectivity index (χ3v) is 5.68. The summed E-state index contributed by atoms with van der Waals surface area (Å²) in [5.41, 5.74) is 1.22. The van der Waals surface area contributed by atoms with Crippen LogP contribution in [-0.2, 0) is 17.8 Å². The fraction of sp³-hybridized carbons (Fsp3) is 0.348. The number of carbonyl (C=O) groups is 1. The number of aryl methyl sites for hydroxylation is 1. The molecular weight excluding hydrogens is 400 g/mol. The van der Waals surface area contributed by atoms with Crippen molar-refractivity contribution >= 4 is 17.5 Å². The second-order valence-corrected chi connectivity index (χ2v) is 7.97. The summed E-state index contributed by atoms with van der Waals surface area (Å²) in [6, 6.07) is 17.6. The van der Waals surface area contributed by atoms with Gasteiger partial charge in [0.25, 0.3) is 5.91 Å². The number of rotatable bonds is 8. The van der Waals surface area contributed by atoms with Gasteiger partial charge < -0.3 is 14.2 Å². The summed E-state index contributed by atoms with van der Waals surface area (Å²) in [4.78, 5) is 14.7. The fourth-order valence-electron chi connectivity index (χ4n) is 3.93. The average Bonchev–Trinajstić information content (AvgIpc) is 3.40. The second-order valence-electron chi connectivity index (χ2n) is 7.53. The highest BCUT2D eigenvalue weighted by atomic mass is 35.5. The molecule has 1 aliphatic rings. The Labute approximate surface area is 181 Å². The Kier molecular flexibility index (Phi) is 6.64. The number of ether oxygens (including phenoxy) is 1. The van der Waals surface area contributed by atoms with Gasteiger partial charge in [-0.15, -0.1) is 10.2 Å². The van der Waals surface area contributed by atoms with Gasteiger partial charge in [0.1, 0.15) is 17.9 Å². The van der Waals surface area contributed by atoms with E-state index in [4.69, 9.17) is 16.3 Å². The van der Waals surface area contributed by atoms with Crippen LogP contribution in [-0.4, -0.2) is 44.8 Å². The van der Waals surface area contributed by atoms with Crippen LogP contribution in [0.25, 0.3) is 0 Å². The lowest BCUT2D eigenvalue weighted by Crippen LogP contribution is -2.39. The number of benzene rings is 2. The lowest BCUT2D eigenvalue weighted by Gasteiger charge is -2.24. The molecule has 2 heterocycles. The molecular formula is C23H25ClN4O2. The summed E-state index contributed by atoms with van der Waals surface area (Å²) in [7, 11) is 0. The van der Waals surface area contributed by atoms with E-state index in [0.29, 0.717) is 10.8 Å². The summed E-state index contributed by atoms with van der Waals surface area (Å²) < 4.78 is 7.73. The molecule has 7 heteroatoms. The van der Waals surface area contributed by atoms with E-state index in [-0.39, 0.29) is 18.6 Å². The van der Waals surface area contributed by atoms with E-state index in [1.165, 1.54) is 5.56 Å². The molecule has 1 fully saturated rings. The summed E-state index contributed by atoms with van der Waals surface area (Å²) >= 11 is 5.98. The number of halogens is 1. The maximum Gasteiger partial charge on any atom is 0.260 e. The van der Waals surface area contributed by atoms with Crippen molar-refractivity contribution in [2.24, 2.45) is 0 Å². The number of aromatic nitrogens is 3. The Morgan fingerprint density at radius 1 is 1.17 bits per heavy atom. The van der Waals surface area contributed by atoms with Crippen molar-refractivity contribution < 1.29 is 9.53 Å². The third-order valence-electron chi connectivity index (χ3n) is 5.45. The molecule has 156 valence electrons. The highest BCUT2D eigenvalue weighted by molar-refractivity contribution is 6.30.